The van der Waals surface area contributed by atoms with Crippen LogP contribution in [-0.4, -0.2) is 22.5 Å². The van der Waals surface area contributed by atoms with Gasteiger partial charge in [-0.2, -0.15) is 4.57 Å². The van der Waals surface area contributed by atoms with Crippen molar-refractivity contribution in [2.45, 2.75) is 32.9 Å². The van der Waals surface area contributed by atoms with Crippen molar-refractivity contribution < 1.29 is 102 Å². The normalized spacial score (nSPS) is 11.7. The van der Waals surface area contributed by atoms with Crippen LogP contribution >= 0.6 is 0 Å². The van der Waals surface area contributed by atoms with Crippen molar-refractivity contribution >= 4 is 33.8 Å². The van der Waals surface area contributed by atoms with Gasteiger partial charge in [-0.25, -0.2) is 92.8 Å². The molecule has 0 bridgehead atoms. The zero-order chi connectivity index (χ0) is 48.9. The number of hydrogen-bond acceptors (Lipinski definition) is 3. The van der Waals surface area contributed by atoms with Crippen LogP contribution in [0, 0.1) is 116 Å². The summed E-state index contributed by atoms with van der Waals surface area (Å²) in [6.07, 6.45) is -2.19. The molecule has 0 fully saturated rings. The summed E-state index contributed by atoms with van der Waals surface area (Å²) in [7, 11) is 0. The predicted molar refractivity (Wildman–Crippen MR) is 185 cm³/mol. The maximum absolute atomic E-state index is 15.4. The molecule has 6 aromatic rings. The highest BCUT2D eigenvalue weighted by molar-refractivity contribution is 7.20. The fraction of sp³-hybridized carbons (Fsp3) is 0.125. The molecule has 0 aliphatic heterocycles. The highest BCUT2D eigenvalue weighted by Gasteiger charge is 2.52. The molecule has 0 amide bonds. The molecule has 0 saturated heterocycles. The second-order valence-electron chi connectivity index (χ2n) is 14.3. The molecule has 25 heteroatoms. The van der Waals surface area contributed by atoms with E-state index in [-0.39, 0.29) is 17.9 Å². The molecule has 0 N–H and O–H groups in total. The molecular weight excluding hydrogens is 931 g/mol. The number of carbonyl (C=O) groups excluding carboxylic acids is 1. The summed E-state index contributed by atoms with van der Waals surface area (Å²) in [5.41, 5.74) is -14.0. The van der Waals surface area contributed by atoms with Crippen molar-refractivity contribution in [3.05, 3.63) is 171 Å². The maximum Gasteiger partial charge on any atom is 0.387 e. The minimum atomic E-state index is -7.22. The predicted octanol–water partition coefficient (Wildman–Crippen LogP) is 8.28. The average Bonchev–Trinajstić information content (AvgIpc) is 3.27. The highest BCUT2D eigenvalue weighted by Crippen LogP contribution is 2.31. The van der Waals surface area contributed by atoms with Gasteiger partial charge in [0.15, 0.2) is 76.0 Å². The third-order valence-corrected chi connectivity index (χ3v) is 9.33. The molecule has 0 radical (unpaired) electrons. The van der Waals surface area contributed by atoms with E-state index in [0.29, 0.717) is 11.4 Å². The van der Waals surface area contributed by atoms with Gasteiger partial charge in [-0.3, -0.25) is 4.79 Å². The Morgan fingerprint density at radius 1 is 0.477 bits per heavy atom. The van der Waals surface area contributed by atoms with Gasteiger partial charge >= 0.3 is 5.88 Å². The van der Waals surface area contributed by atoms with E-state index in [9.17, 15) is 57.5 Å². The van der Waals surface area contributed by atoms with Crippen LogP contribution in [-0.2, 0) is 6.54 Å². The summed E-state index contributed by atoms with van der Waals surface area (Å²) in [4.78, 5) is 16.3. The smallest absolute Gasteiger partial charge is 0.387 e. The fourth-order valence-corrected chi connectivity index (χ4v) is 6.65. The van der Waals surface area contributed by atoms with Gasteiger partial charge in [0.05, 0.1) is 6.20 Å². The molecular formula is C40H19BF20N2O2. The standard InChI is InChI=1S/C24BF20.C16H19N2O2/c26-5-1(6(27)14(35)21(42)13(5)34)25(2-7(28)15(36)22(43)16(37)8(2)29,3-9(30)17(38)23(44)18(39)10(3)31)4-11(32)19(40)24(45)20(41)12(4)33;1-16(2,3)20-15-11-17-9-10-18(15)12-14(19)13-7-5-4-6-8-13/h;4-11H,12H2,1-3H3/q-1;+1. The van der Waals surface area contributed by atoms with Gasteiger partial charge in [0.1, 0.15) is 64.5 Å². The van der Waals surface area contributed by atoms with Gasteiger partial charge in [0.2, 0.25) is 12.3 Å². The third kappa shape index (κ3) is 8.30. The van der Waals surface area contributed by atoms with Crippen LogP contribution in [0.2, 0.25) is 0 Å². The SMILES string of the molecule is CC(C)(C)Oc1cncc[n+]1CC(=O)c1ccccc1.Fc1c(F)c(F)c([B-](c2c(F)c(F)c(F)c(F)c2F)(c2c(F)c(F)c(F)c(F)c2F)c2c(F)c(F)c(F)c(F)c2F)c(F)c1F. The van der Waals surface area contributed by atoms with Gasteiger partial charge in [-0.05, 0) is 20.8 Å². The zero-order valence-electron chi connectivity index (χ0n) is 32.2. The lowest BCUT2D eigenvalue weighted by Crippen LogP contribution is -2.81. The number of Topliss-reactive ketones (excluding diaryl/α,β-unsaturated/α-hetero) is 1. The molecule has 0 unspecified atom stereocenters. The monoisotopic (exact) mass is 950 g/mol. The lowest BCUT2D eigenvalue weighted by atomic mass is 9.12. The van der Waals surface area contributed by atoms with Crippen molar-refractivity contribution in [3.63, 3.8) is 0 Å². The van der Waals surface area contributed by atoms with E-state index in [0.717, 1.165) is 0 Å². The zero-order valence-corrected chi connectivity index (χ0v) is 32.2. The summed E-state index contributed by atoms with van der Waals surface area (Å²) in [6, 6.07) is 9.24. The second kappa shape index (κ2) is 18.1. The highest BCUT2D eigenvalue weighted by atomic mass is 19.2. The molecule has 0 saturated carbocycles. The van der Waals surface area contributed by atoms with Gasteiger partial charge in [0.25, 0.3) is 0 Å². The van der Waals surface area contributed by atoms with E-state index in [1.165, 1.54) is 0 Å². The number of rotatable bonds is 8. The fourth-order valence-electron chi connectivity index (χ4n) is 6.65. The Labute approximate surface area is 350 Å². The lowest BCUT2D eigenvalue weighted by molar-refractivity contribution is -0.690. The topological polar surface area (TPSA) is 43.1 Å². The average molecular weight is 950 g/mol. The van der Waals surface area contributed by atoms with Crippen molar-refractivity contribution in [2.75, 3.05) is 0 Å². The van der Waals surface area contributed by atoms with Gasteiger partial charge in [-0.15, -0.1) is 21.9 Å². The molecule has 1 aromatic heterocycles. The van der Waals surface area contributed by atoms with Gasteiger partial charge in [0, 0.05) is 5.56 Å². The molecule has 6 rings (SSSR count). The maximum atomic E-state index is 15.4. The largest absolute Gasteiger partial charge is 0.438 e. The second-order valence-corrected chi connectivity index (χ2v) is 14.3. The number of halogens is 20. The number of nitrogens with zero attached hydrogens (tertiary/aromatic N) is 2. The van der Waals surface area contributed by atoms with E-state index < -0.39 is 144 Å². The van der Waals surface area contributed by atoms with Gasteiger partial charge < -0.3 is 4.74 Å². The minimum absolute atomic E-state index is 0.0422. The van der Waals surface area contributed by atoms with Crippen molar-refractivity contribution in [1.82, 2.24) is 4.98 Å². The first-order valence-corrected chi connectivity index (χ1v) is 17.5. The Hall–Kier alpha value is -6.69. The molecule has 0 spiro atoms. The van der Waals surface area contributed by atoms with Crippen LogP contribution in [0.25, 0.3) is 0 Å². The van der Waals surface area contributed by atoms with E-state index in [1.807, 2.05) is 51.1 Å². The number of benzene rings is 5. The summed E-state index contributed by atoms with van der Waals surface area (Å²) < 4.78 is 302. The van der Waals surface area contributed by atoms with Crippen LogP contribution in [0.1, 0.15) is 31.1 Å². The van der Waals surface area contributed by atoms with E-state index >= 15 is 35.1 Å². The summed E-state index contributed by atoms with van der Waals surface area (Å²) in [5, 5.41) is 0. The van der Waals surface area contributed by atoms with Crippen LogP contribution in [0.4, 0.5) is 87.8 Å². The molecule has 344 valence electrons. The molecule has 0 atom stereocenters. The Morgan fingerprint density at radius 2 is 0.754 bits per heavy atom. The van der Waals surface area contributed by atoms with Crippen LogP contribution in [0.3, 0.4) is 0 Å². The molecule has 4 nitrogen and oxygen atoms in total. The minimum Gasteiger partial charge on any atom is -0.438 e. The Morgan fingerprint density at radius 3 is 1.03 bits per heavy atom. The number of ether oxygens (including phenoxy) is 1. The first-order valence-electron chi connectivity index (χ1n) is 17.5. The van der Waals surface area contributed by atoms with Crippen molar-refractivity contribution in [2.24, 2.45) is 0 Å². The molecule has 1 heterocycles. The Balaban J connectivity index is 0.000000330. The number of ketones is 1. The molecule has 0 aliphatic rings. The van der Waals surface area contributed by atoms with Gasteiger partial charge in [-0.1, -0.05) is 30.3 Å². The molecule has 0 aliphatic carbocycles. The lowest BCUT2D eigenvalue weighted by Gasteiger charge is -2.44. The van der Waals surface area contributed by atoms with Crippen molar-refractivity contribution in [3.8, 4) is 5.88 Å². The first kappa shape index (κ1) is 49.3. The van der Waals surface area contributed by atoms with E-state index in [1.54, 1.807) is 23.2 Å². The molecule has 5 aromatic carbocycles. The Kier molecular flexibility index (Phi) is 13.7. The quantitative estimate of drug-likeness (QED) is 0.0386. The summed E-state index contributed by atoms with van der Waals surface area (Å²) >= 11 is 0. The van der Waals surface area contributed by atoms with E-state index in [4.69, 9.17) is 4.74 Å². The van der Waals surface area contributed by atoms with Crippen LogP contribution < -0.4 is 31.2 Å². The summed E-state index contributed by atoms with van der Waals surface area (Å²) in [5.74, 6) is -70.8. The summed E-state index contributed by atoms with van der Waals surface area (Å²) in [6.45, 7) is 6.12. The van der Waals surface area contributed by atoms with Crippen LogP contribution in [0.5, 0.6) is 5.88 Å². The molecule has 65 heavy (non-hydrogen) atoms. The number of hydrogen-bond donors (Lipinski definition) is 0. The third-order valence-electron chi connectivity index (χ3n) is 9.33. The number of aromatic nitrogens is 2. The first-order chi connectivity index (χ1) is 30.2. The van der Waals surface area contributed by atoms with Crippen LogP contribution in [0.15, 0.2) is 48.9 Å². The van der Waals surface area contributed by atoms with E-state index in [2.05, 4.69) is 4.98 Å². The Bertz CT molecular complexity index is 2510. The number of carbonyl (C=O) groups is 1. The van der Waals surface area contributed by atoms with Crippen molar-refractivity contribution in [1.29, 1.82) is 0 Å².